The van der Waals surface area contributed by atoms with Gasteiger partial charge in [0.15, 0.2) is 0 Å². The second-order valence-corrected chi connectivity index (χ2v) is 4.16. The van der Waals surface area contributed by atoms with Crippen LogP contribution in [-0.4, -0.2) is 21.7 Å². The van der Waals surface area contributed by atoms with E-state index in [0.29, 0.717) is 16.9 Å². The monoisotopic (exact) mass is 274 g/mol. The minimum atomic E-state index is -0.523. The third-order valence-electron chi connectivity index (χ3n) is 2.56. The highest BCUT2D eigenvalue weighted by Gasteiger charge is 2.07. The van der Waals surface area contributed by atoms with Gasteiger partial charge in [-0.2, -0.15) is 5.10 Å². The molecule has 0 aliphatic carbocycles. The van der Waals surface area contributed by atoms with Gasteiger partial charge >= 0.3 is 5.97 Å². The van der Waals surface area contributed by atoms with Crippen molar-refractivity contribution in [3.05, 3.63) is 47.7 Å². The maximum atomic E-state index is 11.6. The standard InChI is InChI=1S/C13H14N4O3/c14-11-4-5-17(16-11)7-12(18)20-8-9-2-1-3-10(6-9)13(15)19/h1-6H,7-8H2,(H2,14,16)(H2,15,19). The van der Waals surface area contributed by atoms with Crippen molar-refractivity contribution in [1.29, 1.82) is 0 Å². The zero-order valence-corrected chi connectivity index (χ0v) is 10.7. The van der Waals surface area contributed by atoms with E-state index in [1.165, 1.54) is 4.68 Å². The van der Waals surface area contributed by atoms with Crippen molar-refractivity contribution in [2.75, 3.05) is 5.73 Å². The number of nitrogens with two attached hydrogens (primary N) is 2. The van der Waals surface area contributed by atoms with Gasteiger partial charge in [0.1, 0.15) is 19.0 Å². The Morgan fingerprint density at radius 3 is 2.75 bits per heavy atom. The fraction of sp³-hybridized carbons (Fsp3) is 0.154. The molecule has 0 aliphatic rings. The molecule has 7 nitrogen and oxygen atoms in total. The Kier molecular flexibility index (Phi) is 3.99. The highest BCUT2D eigenvalue weighted by atomic mass is 16.5. The van der Waals surface area contributed by atoms with E-state index in [-0.39, 0.29) is 13.2 Å². The normalized spacial score (nSPS) is 10.2. The molecule has 0 unspecified atom stereocenters. The average molecular weight is 274 g/mol. The number of esters is 1. The van der Waals surface area contributed by atoms with Crippen molar-refractivity contribution in [1.82, 2.24) is 9.78 Å². The molecule has 0 aliphatic heterocycles. The summed E-state index contributed by atoms with van der Waals surface area (Å²) in [4.78, 5) is 22.6. The molecule has 4 N–H and O–H groups in total. The molecule has 20 heavy (non-hydrogen) atoms. The molecule has 0 fully saturated rings. The number of carbonyl (C=O) groups excluding carboxylic acids is 2. The van der Waals surface area contributed by atoms with Crippen LogP contribution in [0.3, 0.4) is 0 Å². The van der Waals surface area contributed by atoms with Crippen LogP contribution in [0.15, 0.2) is 36.5 Å². The van der Waals surface area contributed by atoms with E-state index < -0.39 is 11.9 Å². The zero-order chi connectivity index (χ0) is 14.5. The molecule has 7 heteroatoms. The van der Waals surface area contributed by atoms with Crippen LogP contribution in [-0.2, 0) is 22.7 Å². The predicted octanol–water partition coefficient (Wildman–Crippen LogP) is 0.308. The van der Waals surface area contributed by atoms with Crippen LogP contribution in [0.5, 0.6) is 0 Å². The van der Waals surface area contributed by atoms with E-state index in [4.69, 9.17) is 16.2 Å². The Morgan fingerprint density at radius 1 is 1.30 bits per heavy atom. The average Bonchev–Trinajstić information content (AvgIpc) is 2.82. The number of hydrogen-bond donors (Lipinski definition) is 2. The molecule has 2 aromatic rings. The lowest BCUT2D eigenvalue weighted by molar-refractivity contribution is -0.145. The SMILES string of the molecule is NC(=O)c1cccc(COC(=O)Cn2ccc(N)n2)c1. The van der Waals surface area contributed by atoms with Crippen LogP contribution in [0.25, 0.3) is 0 Å². The maximum Gasteiger partial charge on any atom is 0.328 e. The van der Waals surface area contributed by atoms with Gasteiger partial charge in [0.25, 0.3) is 0 Å². The van der Waals surface area contributed by atoms with Crippen molar-refractivity contribution < 1.29 is 14.3 Å². The van der Waals surface area contributed by atoms with Crippen molar-refractivity contribution >= 4 is 17.7 Å². The van der Waals surface area contributed by atoms with Gasteiger partial charge in [0.2, 0.25) is 5.91 Å². The maximum absolute atomic E-state index is 11.6. The molecule has 0 bridgehead atoms. The van der Waals surface area contributed by atoms with Crippen LogP contribution >= 0.6 is 0 Å². The number of carbonyl (C=O) groups is 2. The molecular weight excluding hydrogens is 260 g/mol. The summed E-state index contributed by atoms with van der Waals surface area (Å²) in [5.41, 5.74) is 11.7. The van der Waals surface area contributed by atoms with E-state index in [1.807, 2.05) is 0 Å². The quantitative estimate of drug-likeness (QED) is 0.762. The Hall–Kier alpha value is -2.83. The van der Waals surface area contributed by atoms with E-state index in [1.54, 1.807) is 36.5 Å². The summed E-state index contributed by atoms with van der Waals surface area (Å²) in [6.07, 6.45) is 1.59. The second-order valence-electron chi connectivity index (χ2n) is 4.16. The minimum absolute atomic E-state index is 0.0211. The molecule has 1 aromatic heterocycles. The fourth-order valence-electron chi connectivity index (χ4n) is 1.62. The number of aromatic nitrogens is 2. The van der Waals surface area contributed by atoms with E-state index in [0.717, 1.165) is 0 Å². The summed E-state index contributed by atoms with van der Waals surface area (Å²) >= 11 is 0. The Morgan fingerprint density at radius 2 is 2.10 bits per heavy atom. The molecule has 0 atom stereocenters. The molecule has 2 rings (SSSR count). The lowest BCUT2D eigenvalue weighted by Gasteiger charge is -2.06. The van der Waals surface area contributed by atoms with Gasteiger partial charge in [-0.3, -0.25) is 14.3 Å². The van der Waals surface area contributed by atoms with Crippen LogP contribution in [0.1, 0.15) is 15.9 Å². The number of benzene rings is 1. The number of hydrogen-bond acceptors (Lipinski definition) is 5. The first-order valence-electron chi connectivity index (χ1n) is 5.88. The van der Waals surface area contributed by atoms with E-state index in [9.17, 15) is 9.59 Å². The highest BCUT2D eigenvalue weighted by Crippen LogP contribution is 2.06. The first kappa shape index (κ1) is 13.6. The number of amides is 1. The molecule has 0 saturated heterocycles. The first-order valence-corrected chi connectivity index (χ1v) is 5.88. The van der Waals surface area contributed by atoms with Crippen molar-refractivity contribution in [3.63, 3.8) is 0 Å². The summed E-state index contributed by atoms with van der Waals surface area (Å²) in [7, 11) is 0. The summed E-state index contributed by atoms with van der Waals surface area (Å²) in [6, 6.07) is 8.19. The number of nitrogen functional groups attached to an aromatic ring is 1. The predicted molar refractivity (Wildman–Crippen MR) is 71.4 cm³/mol. The van der Waals surface area contributed by atoms with Gasteiger partial charge in [-0.15, -0.1) is 0 Å². The third kappa shape index (κ3) is 3.58. The van der Waals surface area contributed by atoms with Gasteiger partial charge in [0, 0.05) is 11.8 Å². The number of ether oxygens (including phenoxy) is 1. The van der Waals surface area contributed by atoms with E-state index in [2.05, 4.69) is 5.10 Å². The van der Waals surface area contributed by atoms with Crippen LogP contribution < -0.4 is 11.5 Å². The molecule has 0 saturated carbocycles. The highest BCUT2D eigenvalue weighted by molar-refractivity contribution is 5.92. The largest absolute Gasteiger partial charge is 0.459 e. The van der Waals surface area contributed by atoms with Gasteiger partial charge in [0.05, 0.1) is 0 Å². The van der Waals surface area contributed by atoms with E-state index >= 15 is 0 Å². The molecule has 1 amide bonds. The number of rotatable bonds is 5. The van der Waals surface area contributed by atoms with Crippen LogP contribution in [0, 0.1) is 0 Å². The summed E-state index contributed by atoms with van der Waals surface area (Å²) < 4.78 is 6.47. The molecule has 0 radical (unpaired) electrons. The van der Waals surface area contributed by atoms with Gasteiger partial charge in [-0.1, -0.05) is 12.1 Å². The van der Waals surface area contributed by atoms with Crippen molar-refractivity contribution in [2.45, 2.75) is 13.2 Å². The minimum Gasteiger partial charge on any atom is -0.459 e. The molecular formula is C13H14N4O3. The molecule has 104 valence electrons. The number of nitrogens with zero attached hydrogens (tertiary/aromatic N) is 2. The lowest BCUT2D eigenvalue weighted by Crippen LogP contribution is -2.15. The number of anilines is 1. The summed E-state index contributed by atoms with van der Waals surface area (Å²) in [5.74, 6) is -0.630. The summed E-state index contributed by atoms with van der Waals surface area (Å²) in [5, 5.41) is 3.88. The molecule has 1 aromatic carbocycles. The molecule has 0 spiro atoms. The third-order valence-corrected chi connectivity index (χ3v) is 2.56. The Balaban J connectivity index is 1.90. The fourth-order valence-corrected chi connectivity index (χ4v) is 1.62. The van der Waals surface area contributed by atoms with Crippen molar-refractivity contribution in [3.8, 4) is 0 Å². The lowest BCUT2D eigenvalue weighted by atomic mass is 10.1. The number of primary amides is 1. The van der Waals surface area contributed by atoms with Crippen molar-refractivity contribution in [2.24, 2.45) is 5.73 Å². The topological polar surface area (TPSA) is 113 Å². The Bertz CT molecular complexity index is 636. The summed E-state index contributed by atoms with van der Waals surface area (Å²) in [6.45, 7) is 0.0451. The van der Waals surface area contributed by atoms with Crippen LogP contribution in [0.4, 0.5) is 5.82 Å². The molecule has 1 heterocycles. The first-order chi connectivity index (χ1) is 9.54. The second kappa shape index (κ2) is 5.87. The zero-order valence-electron chi connectivity index (χ0n) is 10.7. The van der Waals surface area contributed by atoms with Crippen LogP contribution in [0.2, 0.25) is 0 Å². The van der Waals surface area contributed by atoms with Gasteiger partial charge < -0.3 is 16.2 Å². The Labute approximate surface area is 115 Å². The van der Waals surface area contributed by atoms with Gasteiger partial charge in [-0.05, 0) is 23.8 Å². The smallest absolute Gasteiger partial charge is 0.328 e. The van der Waals surface area contributed by atoms with Gasteiger partial charge in [-0.25, -0.2) is 0 Å².